The molecule has 1 N–H and O–H groups in total. The Bertz CT molecular complexity index is 2590. The van der Waals surface area contributed by atoms with Crippen molar-refractivity contribution < 1.29 is 26.2 Å². The summed E-state index contributed by atoms with van der Waals surface area (Å²) < 4.78 is 4.38. The molecule has 0 spiro atoms. The number of imidazole rings is 2. The Morgan fingerprint density at radius 1 is 0.593 bits per heavy atom. The van der Waals surface area contributed by atoms with Gasteiger partial charge in [0.1, 0.15) is 17.4 Å². The average molecular weight is 887 g/mol. The molecule has 0 aliphatic carbocycles. The number of para-hydroxylation sites is 3. The fourth-order valence-corrected chi connectivity index (χ4v) is 7.04. The molecule has 0 aliphatic rings. The first-order chi connectivity index (χ1) is 25.5. The molecule has 2 heterocycles. The van der Waals surface area contributed by atoms with Crippen LogP contribution >= 0.6 is 0 Å². The summed E-state index contributed by atoms with van der Waals surface area (Å²) in [7, 11) is 0. The Balaban J connectivity index is 0.00000450. The van der Waals surface area contributed by atoms with Crippen LogP contribution in [0.3, 0.4) is 0 Å². The van der Waals surface area contributed by atoms with Crippen LogP contribution < -0.4 is 0 Å². The second kappa shape index (κ2) is 14.4. The van der Waals surface area contributed by atoms with Crippen molar-refractivity contribution in [3.8, 4) is 62.0 Å². The molecule has 6 aromatic carbocycles. The first-order valence-electron chi connectivity index (χ1n) is 18.2. The molecule has 0 radical (unpaired) electrons. The molecule has 0 amide bonds. The van der Waals surface area contributed by atoms with Crippen molar-refractivity contribution in [2.45, 2.75) is 52.4 Å². The van der Waals surface area contributed by atoms with E-state index in [2.05, 4.69) is 166 Å². The molecule has 2 aromatic heterocycles. The van der Waals surface area contributed by atoms with Crippen LogP contribution in [0.4, 0.5) is 0 Å². The van der Waals surface area contributed by atoms with Gasteiger partial charge in [-0.2, -0.15) is 0 Å². The van der Waals surface area contributed by atoms with E-state index < -0.39 is 0 Å². The second-order valence-corrected chi connectivity index (χ2v) is 15.7. The number of fused-ring (bicyclic) bond motifs is 1. The summed E-state index contributed by atoms with van der Waals surface area (Å²) in [6.45, 7) is 13.3. The largest absolute Gasteiger partial charge is 0.507 e. The van der Waals surface area contributed by atoms with Gasteiger partial charge in [-0.25, -0.2) is 4.98 Å². The third-order valence-electron chi connectivity index (χ3n) is 9.79. The summed E-state index contributed by atoms with van der Waals surface area (Å²) in [5, 5.41) is 11.1. The van der Waals surface area contributed by atoms with Gasteiger partial charge in [-0.05, 0) is 59.0 Å². The number of aromatic hydroxyl groups is 1. The monoisotopic (exact) mass is 886 g/mol. The van der Waals surface area contributed by atoms with Crippen molar-refractivity contribution in [2.75, 3.05) is 0 Å². The maximum absolute atomic E-state index is 11.1. The third kappa shape index (κ3) is 6.85. The fraction of sp³-hybridized carbons (Fsp3) is 0.167. The standard InChI is InChI=1S/C48H43N4O.Pt/c1-47(2,3)35-27-28-41(39(30-35)32-17-9-7-10-18-32)51-31-40(49-45(51)38-23-13-14-26-43(38)53)34-20-15-19-33(29-34)37-24-16-25-42-44(37)50-46(48(4,5)6)52(42)36-21-11-8-12-22-36;/h7-28,30-31,53H,1-6H3;/q-1;. The number of nitrogens with zero attached hydrogens (tertiary/aromatic N) is 4. The van der Waals surface area contributed by atoms with Crippen molar-refractivity contribution in [1.29, 1.82) is 0 Å². The fourth-order valence-electron chi connectivity index (χ4n) is 7.04. The Labute approximate surface area is 332 Å². The number of phenolic OH excluding ortho intramolecular Hbond substituents is 1. The van der Waals surface area contributed by atoms with Gasteiger partial charge in [0.15, 0.2) is 0 Å². The van der Waals surface area contributed by atoms with Crippen molar-refractivity contribution >= 4 is 11.0 Å². The van der Waals surface area contributed by atoms with Crippen LogP contribution in [0.2, 0.25) is 0 Å². The van der Waals surface area contributed by atoms with E-state index in [-0.39, 0.29) is 37.6 Å². The minimum Gasteiger partial charge on any atom is -0.507 e. The molecule has 0 aliphatic heterocycles. The molecule has 6 heteroatoms. The normalized spacial score (nSPS) is 11.8. The molecule has 8 rings (SSSR count). The van der Waals surface area contributed by atoms with Gasteiger partial charge in [-0.1, -0.05) is 132 Å². The van der Waals surface area contributed by atoms with Gasteiger partial charge in [0.25, 0.3) is 0 Å². The minimum atomic E-state index is -0.187. The number of phenols is 1. The quantitative estimate of drug-likeness (QED) is 0.169. The molecule has 0 bridgehead atoms. The summed E-state index contributed by atoms with van der Waals surface area (Å²) in [6, 6.07) is 51.3. The smallest absolute Gasteiger partial charge is 0.140 e. The molecule has 0 unspecified atom stereocenters. The summed E-state index contributed by atoms with van der Waals surface area (Å²) in [6.07, 6.45) is 2.07. The van der Waals surface area contributed by atoms with Gasteiger partial charge < -0.3 is 9.67 Å². The van der Waals surface area contributed by atoms with Crippen LogP contribution in [0.15, 0.2) is 146 Å². The average Bonchev–Trinajstić information content (AvgIpc) is 3.79. The van der Waals surface area contributed by atoms with E-state index in [0.717, 1.165) is 61.7 Å². The number of hydrogen-bond donors (Lipinski definition) is 1. The third-order valence-corrected chi connectivity index (χ3v) is 9.79. The van der Waals surface area contributed by atoms with Gasteiger partial charge in [0.05, 0.1) is 22.3 Å². The predicted molar refractivity (Wildman–Crippen MR) is 218 cm³/mol. The second-order valence-electron chi connectivity index (χ2n) is 15.7. The Morgan fingerprint density at radius 2 is 1.24 bits per heavy atom. The summed E-state index contributed by atoms with van der Waals surface area (Å²) in [5.74, 6) is 1.82. The van der Waals surface area contributed by atoms with Crippen molar-refractivity contribution in [2.24, 2.45) is 0 Å². The Morgan fingerprint density at radius 3 is 1.94 bits per heavy atom. The van der Waals surface area contributed by atoms with Gasteiger partial charge in [0, 0.05) is 49.6 Å². The van der Waals surface area contributed by atoms with Crippen LogP contribution in [0.25, 0.3) is 67.3 Å². The van der Waals surface area contributed by atoms with Crippen molar-refractivity contribution in [1.82, 2.24) is 19.1 Å². The first-order valence-corrected chi connectivity index (χ1v) is 18.2. The van der Waals surface area contributed by atoms with Crippen LogP contribution in [-0.2, 0) is 31.9 Å². The van der Waals surface area contributed by atoms with E-state index in [4.69, 9.17) is 9.97 Å². The molecule has 272 valence electrons. The molecule has 5 nitrogen and oxygen atoms in total. The van der Waals surface area contributed by atoms with Gasteiger partial charge in [0.2, 0.25) is 0 Å². The topological polar surface area (TPSA) is 55.9 Å². The molecular weight excluding hydrogens is 844 g/mol. The summed E-state index contributed by atoms with van der Waals surface area (Å²) >= 11 is 0. The van der Waals surface area contributed by atoms with Gasteiger partial charge in [-0.15, -0.1) is 29.8 Å². The zero-order valence-corrected chi connectivity index (χ0v) is 33.7. The van der Waals surface area contributed by atoms with E-state index >= 15 is 0 Å². The molecule has 0 atom stereocenters. The van der Waals surface area contributed by atoms with E-state index in [9.17, 15) is 5.11 Å². The Kier molecular flexibility index (Phi) is 9.81. The van der Waals surface area contributed by atoms with E-state index in [1.54, 1.807) is 6.07 Å². The minimum absolute atomic E-state index is 0. The molecule has 54 heavy (non-hydrogen) atoms. The van der Waals surface area contributed by atoms with Crippen LogP contribution in [0.1, 0.15) is 52.9 Å². The predicted octanol–water partition coefficient (Wildman–Crippen LogP) is 12.0. The molecule has 0 saturated heterocycles. The zero-order valence-electron chi connectivity index (χ0n) is 31.4. The number of rotatable bonds is 6. The molecular formula is C48H43N4OPt-. The van der Waals surface area contributed by atoms with E-state index in [1.807, 2.05) is 30.3 Å². The first kappa shape index (κ1) is 36.8. The number of hydrogen-bond acceptors (Lipinski definition) is 3. The van der Waals surface area contributed by atoms with E-state index in [0.29, 0.717) is 11.4 Å². The van der Waals surface area contributed by atoms with Crippen LogP contribution in [0.5, 0.6) is 5.75 Å². The number of benzene rings is 6. The molecule has 8 aromatic rings. The molecule has 0 fully saturated rings. The van der Waals surface area contributed by atoms with Crippen LogP contribution in [0, 0.1) is 6.07 Å². The van der Waals surface area contributed by atoms with Crippen molar-refractivity contribution in [3.63, 3.8) is 0 Å². The van der Waals surface area contributed by atoms with Gasteiger partial charge in [-0.3, -0.25) is 9.55 Å². The summed E-state index contributed by atoms with van der Waals surface area (Å²) in [5.41, 5.74) is 11.5. The van der Waals surface area contributed by atoms with Gasteiger partial charge >= 0.3 is 0 Å². The summed E-state index contributed by atoms with van der Waals surface area (Å²) in [4.78, 5) is 10.5. The number of aromatic nitrogens is 4. The maximum Gasteiger partial charge on any atom is 0.140 e. The van der Waals surface area contributed by atoms with Crippen LogP contribution in [-0.4, -0.2) is 24.2 Å². The maximum atomic E-state index is 11.1. The van der Waals surface area contributed by atoms with E-state index in [1.165, 1.54) is 5.56 Å². The van der Waals surface area contributed by atoms with Crippen molar-refractivity contribution in [3.05, 3.63) is 163 Å². The SMILES string of the molecule is CC(C)(C)c1ccc(-n2cc(-c3[c-]c(-c4cccc5c4nc(C(C)(C)C)n5-c4ccccc4)ccc3)nc2-c2ccccc2O)c(-c2ccccc2)c1.[Pt]. The Hall–Kier alpha value is -5.51. The zero-order chi connectivity index (χ0) is 36.9. The molecule has 0 saturated carbocycles.